The molecule has 0 atom stereocenters. The summed E-state index contributed by atoms with van der Waals surface area (Å²) < 4.78 is 9.13. The number of fused-ring (bicyclic) bond motifs is 24. The fourth-order valence-corrected chi connectivity index (χ4v) is 26.0. The molecule has 596 valence electrons. The van der Waals surface area contributed by atoms with Crippen LogP contribution in [0.4, 0.5) is 51.2 Å². The van der Waals surface area contributed by atoms with Crippen LogP contribution in [-0.2, 0) is 16.2 Å². The van der Waals surface area contributed by atoms with Gasteiger partial charge in [0.25, 0.3) is 0 Å². The second kappa shape index (κ2) is 29.3. The van der Waals surface area contributed by atoms with E-state index in [0.717, 1.165) is 67.0 Å². The van der Waals surface area contributed by atoms with E-state index in [0.29, 0.717) is 0 Å². The first kappa shape index (κ1) is 75.1. The average molecular weight is 1680 g/mol. The Bertz CT molecular complexity index is 7500. The molecule has 6 heterocycles. The minimum atomic E-state index is -0.0823. The second-order valence-corrected chi connectivity index (χ2v) is 38.9. The maximum absolute atomic E-state index is 6.44. The predicted octanol–water partition coefficient (Wildman–Crippen LogP) is 34.1. The molecule has 6 aliphatic rings. The van der Waals surface area contributed by atoms with Crippen LogP contribution in [0.25, 0.3) is 120 Å². The highest BCUT2D eigenvalue weighted by Crippen LogP contribution is 2.65. The van der Waals surface area contributed by atoms with Crippen molar-refractivity contribution >= 4 is 140 Å². The zero-order valence-electron chi connectivity index (χ0n) is 69.8. The lowest BCUT2D eigenvalue weighted by Gasteiger charge is -2.36. The first-order valence-corrected chi connectivity index (χ1v) is 46.2. The third kappa shape index (κ3) is 11.9. The average Bonchev–Trinajstić information content (AvgIpc) is 1.56. The lowest BCUT2D eigenvalue weighted by Crippen LogP contribution is -2.20. The normalized spacial score (nSPS) is 14.4. The Morgan fingerprint density at radius 2 is 0.616 bits per heavy atom. The van der Waals surface area contributed by atoms with E-state index in [1.807, 2.05) is 58.8 Å². The molecule has 0 saturated carbocycles. The van der Waals surface area contributed by atoms with Crippen molar-refractivity contribution in [3.8, 4) is 78.1 Å². The Labute approximate surface area is 745 Å². The van der Waals surface area contributed by atoms with Crippen LogP contribution in [-0.4, -0.2) is 4.98 Å². The van der Waals surface area contributed by atoms with E-state index >= 15 is 0 Å². The summed E-state index contributed by atoms with van der Waals surface area (Å²) in [7, 11) is 0. The molecule has 0 radical (unpaired) electrons. The molecule has 9 heteroatoms. The van der Waals surface area contributed by atoms with Crippen LogP contribution in [0, 0.1) is 0 Å². The van der Waals surface area contributed by atoms with Crippen LogP contribution < -0.4 is 14.7 Å². The van der Waals surface area contributed by atoms with Crippen molar-refractivity contribution < 1.29 is 4.42 Å². The molecule has 0 amide bonds. The number of nitrogens with zero attached hydrogens (tertiary/aromatic N) is 4. The summed E-state index contributed by atoms with van der Waals surface area (Å²) in [6, 6.07) is 141. The van der Waals surface area contributed by atoms with E-state index in [1.54, 1.807) is 0 Å². The number of thiophene rings is 1. The molecule has 5 nitrogen and oxygen atoms in total. The van der Waals surface area contributed by atoms with E-state index < -0.39 is 0 Å². The van der Waals surface area contributed by atoms with Gasteiger partial charge in [0.05, 0.1) is 45.5 Å². The maximum atomic E-state index is 6.44. The van der Waals surface area contributed by atoms with E-state index in [9.17, 15) is 0 Å². The van der Waals surface area contributed by atoms with Gasteiger partial charge in [0.2, 0.25) is 0 Å². The number of hydrogen-bond acceptors (Lipinski definition) is 9. The van der Waals surface area contributed by atoms with E-state index in [4.69, 9.17) is 9.40 Å². The molecule has 125 heavy (non-hydrogen) atoms. The zero-order valence-corrected chi connectivity index (χ0v) is 73.0. The molecule has 0 bridgehead atoms. The molecule has 26 rings (SSSR count). The van der Waals surface area contributed by atoms with Crippen molar-refractivity contribution in [2.24, 2.45) is 0 Å². The fourth-order valence-electron chi connectivity index (χ4n) is 20.7. The van der Waals surface area contributed by atoms with Crippen molar-refractivity contribution in [1.82, 2.24) is 4.98 Å². The van der Waals surface area contributed by atoms with Crippen LogP contribution in [0.15, 0.2) is 422 Å². The van der Waals surface area contributed by atoms with Gasteiger partial charge in [0, 0.05) is 110 Å². The van der Waals surface area contributed by atoms with Gasteiger partial charge in [0.1, 0.15) is 11.2 Å². The van der Waals surface area contributed by atoms with Gasteiger partial charge < -0.3 is 19.1 Å². The number of para-hydroxylation sites is 5. The van der Waals surface area contributed by atoms with Gasteiger partial charge in [-0.15, -0.1) is 11.3 Å². The zero-order chi connectivity index (χ0) is 83.6. The van der Waals surface area contributed by atoms with Gasteiger partial charge in [-0.05, 0) is 199 Å². The number of hydrogen-bond donors (Lipinski definition) is 0. The fraction of sp³-hybridized carbons (Fsp3) is 0.0776. The molecule has 0 fully saturated rings. The van der Waals surface area contributed by atoms with Crippen LogP contribution in [0.5, 0.6) is 0 Å². The number of rotatable bonds is 7. The molecule has 17 aromatic carbocycles. The topological polar surface area (TPSA) is 35.8 Å². The SMILES string of the molecule is CC1(C)c2ccccc2-c2ccc3c(c21)Sc1ccc(-c2cccc(-c4ccccc4)n2)cc1N3c1ccccc1.CC1(C)c2ccccc2-c2ccc3c(c21)Sc1ccc(-c2cccc4c2oc2ccccc24)cc1N3c1ccccc1.CC1(C)c2ccccc2-c2ccc3c(c21)Sc1ccc(-c2cccc4c2sc2ccccc24)cc1N3c1ccccc1. The molecule has 3 aliphatic carbocycles. The summed E-state index contributed by atoms with van der Waals surface area (Å²) in [5.41, 5.74) is 38.1. The summed E-state index contributed by atoms with van der Waals surface area (Å²) in [4.78, 5) is 20.3. The molecule has 0 N–H and O–H groups in total. The van der Waals surface area contributed by atoms with Gasteiger partial charge in [-0.1, -0.05) is 350 Å². The smallest absolute Gasteiger partial charge is 0.143 e. The molecule has 0 saturated heterocycles. The summed E-state index contributed by atoms with van der Waals surface area (Å²) in [6.07, 6.45) is 0. The lowest BCUT2D eigenvalue weighted by molar-refractivity contribution is 0.646. The monoisotopic (exact) mass is 1670 g/mol. The first-order chi connectivity index (χ1) is 61.3. The quantitative estimate of drug-likeness (QED) is 0.156. The summed E-state index contributed by atoms with van der Waals surface area (Å²) in [5, 5.41) is 4.98. The molecule has 3 aliphatic heterocycles. The Morgan fingerprint density at radius 3 is 1.10 bits per heavy atom. The largest absolute Gasteiger partial charge is 0.455 e. The molecular formula is C116H82N4OS4. The molecule has 0 spiro atoms. The van der Waals surface area contributed by atoms with Crippen molar-refractivity contribution in [3.05, 3.63) is 422 Å². The van der Waals surface area contributed by atoms with Crippen molar-refractivity contribution in [2.45, 2.75) is 87.2 Å². The molecule has 20 aromatic rings. The maximum Gasteiger partial charge on any atom is 0.143 e. The number of furan rings is 1. The van der Waals surface area contributed by atoms with Crippen molar-refractivity contribution in [2.75, 3.05) is 14.7 Å². The number of pyridine rings is 1. The minimum absolute atomic E-state index is 0.0686. The Kier molecular flexibility index (Phi) is 17.6. The van der Waals surface area contributed by atoms with Crippen LogP contribution in [0.1, 0.15) is 74.9 Å². The molecule has 0 unspecified atom stereocenters. The summed E-state index contributed by atoms with van der Waals surface area (Å²) in [5.74, 6) is 0. The molecule has 3 aromatic heterocycles. The lowest BCUT2D eigenvalue weighted by atomic mass is 9.82. The highest BCUT2D eigenvalue weighted by molar-refractivity contribution is 8.00. The van der Waals surface area contributed by atoms with Gasteiger partial charge >= 0.3 is 0 Å². The number of aromatic nitrogens is 1. The third-order valence-electron chi connectivity index (χ3n) is 26.5. The highest BCUT2D eigenvalue weighted by atomic mass is 32.2. The summed E-state index contributed by atoms with van der Waals surface area (Å²) >= 11 is 7.63. The minimum Gasteiger partial charge on any atom is -0.455 e. The van der Waals surface area contributed by atoms with E-state index in [1.165, 1.54) is 167 Å². The van der Waals surface area contributed by atoms with Crippen LogP contribution >= 0.6 is 46.6 Å². The molecular weight excluding hydrogens is 1590 g/mol. The third-order valence-corrected chi connectivity index (χ3v) is 31.3. The Hall–Kier alpha value is -13.6. The van der Waals surface area contributed by atoms with Crippen molar-refractivity contribution in [3.63, 3.8) is 0 Å². The van der Waals surface area contributed by atoms with Crippen molar-refractivity contribution in [1.29, 1.82) is 0 Å². The number of benzene rings is 17. The van der Waals surface area contributed by atoms with Gasteiger partial charge in [0.15, 0.2) is 0 Å². The van der Waals surface area contributed by atoms with Gasteiger partial charge in [-0.2, -0.15) is 0 Å². The number of anilines is 9. The first-order valence-electron chi connectivity index (χ1n) is 43.0. The Morgan fingerprint density at radius 1 is 0.256 bits per heavy atom. The predicted molar refractivity (Wildman–Crippen MR) is 528 cm³/mol. The standard InChI is InChI=1S/C39H27NOS.C39H27NS2.C38H28N2S/c2*1-39(2)31-17-8-6-13-27(31)29-20-21-32-38(36(29)39)42-35-22-19-24(23-33(35)40(32)25-11-4-3-5-12-25)26-15-10-16-30-28-14-7-9-18-34(28)41-37(26)30;1-38(2)30-17-10-9-16-28(30)29-21-22-33-37(36(29)38)41-35-23-20-26(24-34(35)40(33)27-14-7-4-8-15-27)32-19-11-18-31(39-32)25-12-5-3-6-13-25/h2*3-23H,1-2H3;3-24H,1-2H3. The highest BCUT2D eigenvalue weighted by Gasteiger charge is 2.45. The van der Waals surface area contributed by atoms with Gasteiger partial charge in [-0.25, -0.2) is 4.98 Å². The second-order valence-electron chi connectivity index (χ2n) is 34.7. The van der Waals surface area contributed by atoms with Gasteiger partial charge in [-0.3, -0.25) is 0 Å². The van der Waals surface area contributed by atoms with Crippen LogP contribution in [0.3, 0.4) is 0 Å². The van der Waals surface area contributed by atoms with E-state index in [2.05, 4.69) is 432 Å². The van der Waals surface area contributed by atoms with E-state index in [-0.39, 0.29) is 16.2 Å². The van der Waals surface area contributed by atoms with Crippen LogP contribution in [0.2, 0.25) is 0 Å². The Balaban J connectivity index is 0.000000105. The summed E-state index contributed by atoms with van der Waals surface area (Å²) in [6.45, 7) is 14.3.